The van der Waals surface area contributed by atoms with Crippen molar-refractivity contribution >= 4 is 5.97 Å². The lowest BCUT2D eigenvalue weighted by atomic mass is 10.1. The number of esters is 1. The van der Waals surface area contributed by atoms with Crippen molar-refractivity contribution < 1.29 is 18.7 Å². The molecule has 0 saturated carbocycles. The summed E-state index contributed by atoms with van der Waals surface area (Å²) in [5.74, 6) is -0.0270. The molecule has 2 aromatic carbocycles. The first-order valence-corrected chi connectivity index (χ1v) is 8.24. The largest absolute Gasteiger partial charge is 0.497 e. The fourth-order valence-electron chi connectivity index (χ4n) is 2.60. The molecule has 26 heavy (non-hydrogen) atoms. The molecule has 0 atom stereocenters. The van der Waals surface area contributed by atoms with E-state index in [1.54, 1.807) is 36.9 Å². The standard InChI is InChI=1S/C20H19FN2O3/c1-3-26-20(24)18-12-19(15-6-10-17(25-2)11-7-15)23(22-18)13-14-4-8-16(21)9-5-14/h4-12H,3,13H2,1-2H3. The van der Waals surface area contributed by atoms with Crippen LogP contribution in [0.2, 0.25) is 0 Å². The van der Waals surface area contributed by atoms with Crippen molar-refractivity contribution in [1.29, 1.82) is 0 Å². The summed E-state index contributed by atoms with van der Waals surface area (Å²) >= 11 is 0. The van der Waals surface area contributed by atoms with E-state index in [0.29, 0.717) is 6.54 Å². The van der Waals surface area contributed by atoms with Crippen molar-refractivity contribution in [2.24, 2.45) is 0 Å². The maximum absolute atomic E-state index is 13.1. The molecular weight excluding hydrogens is 335 g/mol. The van der Waals surface area contributed by atoms with Gasteiger partial charge in [-0.15, -0.1) is 0 Å². The predicted octanol–water partition coefficient (Wildman–Crippen LogP) is 3.92. The molecule has 0 fully saturated rings. The molecule has 0 aliphatic heterocycles. The lowest BCUT2D eigenvalue weighted by Crippen LogP contribution is -2.08. The molecule has 0 unspecified atom stereocenters. The van der Waals surface area contributed by atoms with Crippen molar-refractivity contribution in [3.63, 3.8) is 0 Å². The zero-order valence-electron chi connectivity index (χ0n) is 14.6. The van der Waals surface area contributed by atoms with Gasteiger partial charge < -0.3 is 9.47 Å². The minimum Gasteiger partial charge on any atom is -0.497 e. The summed E-state index contributed by atoms with van der Waals surface area (Å²) in [6, 6.07) is 15.4. The molecule has 1 heterocycles. The number of nitrogens with zero attached hydrogens (tertiary/aromatic N) is 2. The first kappa shape index (κ1) is 17.7. The van der Waals surface area contributed by atoms with Gasteiger partial charge in [-0.1, -0.05) is 12.1 Å². The summed E-state index contributed by atoms with van der Waals surface area (Å²) in [4.78, 5) is 12.1. The van der Waals surface area contributed by atoms with Crippen LogP contribution in [0, 0.1) is 5.82 Å². The van der Waals surface area contributed by atoms with Gasteiger partial charge in [0.25, 0.3) is 0 Å². The van der Waals surface area contributed by atoms with Gasteiger partial charge in [-0.05, 0) is 55.0 Å². The first-order chi connectivity index (χ1) is 12.6. The minimum absolute atomic E-state index is 0.236. The Morgan fingerprint density at radius 2 is 1.81 bits per heavy atom. The molecule has 0 bridgehead atoms. The Bertz CT molecular complexity index is 886. The maximum atomic E-state index is 13.1. The zero-order chi connectivity index (χ0) is 18.5. The van der Waals surface area contributed by atoms with Gasteiger partial charge in [0.05, 0.1) is 26.0 Å². The number of aromatic nitrogens is 2. The second-order valence-corrected chi connectivity index (χ2v) is 5.65. The Morgan fingerprint density at radius 3 is 2.42 bits per heavy atom. The SMILES string of the molecule is CCOC(=O)c1cc(-c2ccc(OC)cc2)n(Cc2ccc(F)cc2)n1. The van der Waals surface area contributed by atoms with E-state index in [2.05, 4.69) is 5.10 Å². The number of rotatable bonds is 6. The quantitative estimate of drug-likeness (QED) is 0.630. The molecule has 0 amide bonds. The molecule has 3 aromatic rings. The number of ether oxygens (including phenoxy) is 2. The smallest absolute Gasteiger partial charge is 0.358 e. The number of halogens is 1. The van der Waals surface area contributed by atoms with Gasteiger partial charge in [-0.2, -0.15) is 5.10 Å². The van der Waals surface area contributed by atoms with Crippen LogP contribution >= 0.6 is 0 Å². The van der Waals surface area contributed by atoms with Crippen LogP contribution in [-0.2, 0) is 11.3 Å². The average molecular weight is 354 g/mol. The van der Waals surface area contributed by atoms with Crippen LogP contribution in [0.3, 0.4) is 0 Å². The summed E-state index contributed by atoms with van der Waals surface area (Å²) in [6.07, 6.45) is 0. The van der Waals surface area contributed by atoms with Crippen molar-refractivity contribution in [3.8, 4) is 17.0 Å². The van der Waals surface area contributed by atoms with Crippen molar-refractivity contribution in [1.82, 2.24) is 9.78 Å². The van der Waals surface area contributed by atoms with E-state index in [9.17, 15) is 9.18 Å². The van der Waals surface area contributed by atoms with Crippen LogP contribution in [0.4, 0.5) is 4.39 Å². The number of hydrogen-bond donors (Lipinski definition) is 0. The summed E-state index contributed by atoms with van der Waals surface area (Å²) in [6.45, 7) is 2.43. The Balaban J connectivity index is 1.99. The Labute approximate surface area is 151 Å². The van der Waals surface area contributed by atoms with E-state index >= 15 is 0 Å². The van der Waals surface area contributed by atoms with Crippen molar-refractivity contribution in [2.75, 3.05) is 13.7 Å². The second-order valence-electron chi connectivity index (χ2n) is 5.65. The highest BCUT2D eigenvalue weighted by Gasteiger charge is 2.17. The fraction of sp³-hybridized carbons (Fsp3) is 0.200. The Hall–Kier alpha value is -3.15. The van der Waals surface area contributed by atoms with E-state index in [1.807, 2.05) is 24.3 Å². The summed E-state index contributed by atoms with van der Waals surface area (Å²) in [5, 5.41) is 4.38. The van der Waals surface area contributed by atoms with Gasteiger partial charge in [0.1, 0.15) is 11.6 Å². The topological polar surface area (TPSA) is 53.4 Å². The fourth-order valence-corrected chi connectivity index (χ4v) is 2.60. The number of carbonyl (C=O) groups is 1. The average Bonchev–Trinajstić information content (AvgIpc) is 3.08. The minimum atomic E-state index is -0.472. The first-order valence-electron chi connectivity index (χ1n) is 8.24. The molecule has 0 aliphatic carbocycles. The highest BCUT2D eigenvalue weighted by Crippen LogP contribution is 2.24. The van der Waals surface area contributed by atoms with E-state index < -0.39 is 5.97 Å². The van der Waals surface area contributed by atoms with E-state index in [0.717, 1.165) is 22.6 Å². The van der Waals surface area contributed by atoms with Crippen LogP contribution in [0.25, 0.3) is 11.3 Å². The molecular formula is C20H19FN2O3. The van der Waals surface area contributed by atoms with Gasteiger partial charge in [-0.25, -0.2) is 9.18 Å². The molecule has 6 heteroatoms. The predicted molar refractivity (Wildman–Crippen MR) is 95.7 cm³/mol. The Kier molecular flexibility index (Phi) is 5.31. The lowest BCUT2D eigenvalue weighted by Gasteiger charge is -2.08. The highest BCUT2D eigenvalue weighted by atomic mass is 19.1. The highest BCUT2D eigenvalue weighted by molar-refractivity contribution is 5.88. The molecule has 0 aliphatic rings. The van der Waals surface area contributed by atoms with Crippen LogP contribution in [0.15, 0.2) is 54.6 Å². The maximum Gasteiger partial charge on any atom is 0.358 e. The van der Waals surface area contributed by atoms with Crippen LogP contribution < -0.4 is 4.74 Å². The molecule has 3 rings (SSSR count). The second kappa shape index (κ2) is 7.82. The van der Waals surface area contributed by atoms with Gasteiger partial charge >= 0.3 is 5.97 Å². The van der Waals surface area contributed by atoms with Gasteiger partial charge in [0.15, 0.2) is 5.69 Å². The van der Waals surface area contributed by atoms with Crippen LogP contribution in [-0.4, -0.2) is 29.5 Å². The molecule has 0 spiro atoms. The lowest BCUT2D eigenvalue weighted by molar-refractivity contribution is 0.0518. The molecule has 0 N–H and O–H groups in total. The summed E-state index contributed by atoms with van der Waals surface area (Å²) in [5.41, 5.74) is 2.76. The third-order valence-electron chi connectivity index (χ3n) is 3.90. The Morgan fingerprint density at radius 1 is 1.12 bits per heavy atom. The zero-order valence-corrected chi connectivity index (χ0v) is 14.6. The van der Waals surface area contributed by atoms with Gasteiger partial charge in [-0.3, -0.25) is 4.68 Å². The number of carbonyl (C=O) groups excluding carboxylic acids is 1. The normalized spacial score (nSPS) is 10.6. The molecule has 0 saturated heterocycles. The molecule has 1 aromatic heterocycles. The van der Waals surface area contributed by atoms with Gasteiger partial charge in [0, 0.05) is 5.56 Å². The summed E-state index contributed by atoms with van der Waals surface area (Å²) < 4.78 is 25.1. The van der Waals surface area contributed by atoms with E-state index in [4.69, 9.17) is 9.47 Å². The van der Waals surface area contributed by atoms with Crippen molar-refractivity contribution in [2.45, 2.75) is 13.5 Å². The molecule has 5 nitrogen and oxygen atoms in total. The third kappa shape index (κ3) is 3.91. The van der Waals surface area contributed by atoms with Crippen LogP contribution in [0.5, 0.6) is 5.75 Å². The summed E-state index contributed by atoms with van der Waals surface area (Å²) in [7, 11) is 1.60. The third-order valence-corrected chi connectivity index (χ3v) is 3.90. The van der Waals surface area contributed by atoms with Crippen molar-refractivity contribution in [3.05, 3.63) is 71.7 Å². The number of benzene rings is 2. The van der Waals surface area contributed by atoms with Gasteiger partial charge in [0.2, 0.25) is 0 Å². The van der Waals surface area contributed by atoms with E-state index in [1.165, 1.54) is 12.1 Å². The number of hydrogen-bond acceptors (Lipinski definition) is 4. The van der Waals surface area contributed by atoms with E-state index in [-0.39, 0.29) is 18.1 Å². The van der Waals surface area contributed by atoms with Crippen LogP contribution in [0.1, 0.15) is 23.0 Å². The molecule has 0 radical (unpaired) electrons. The molecule has 134 valence electrons. The monoisotopic (exact) mass is 354 g/mol. The number of methoxy groups -OCH3 is 1.